The highest BCUT2D eigenvalue weighted by molar-refractivity contribution is 7.13. The summed E-state index contributed by atoms with van der Waals surface area (Å²) in [6, 6.07) is 8.41. The highest BCUT2D eigenvalue weighted by Crippen LogP contribution is 2.26. The van der Waals surface area contributed by atoms with Crippen LogP contribution in [0.2, 0.25) is 0 Å². The summed E-state index contributed by atoms with van der Waals surface area (Å²) in [5.74, 6) is -1.26. The molecule has 3 aromatic rings. The van der Waals surface area contributed by atoms with Crippen molar-refractivity contribution in [3.05, 3.63) is 58.9 Å². The van der Waals surface area contributed by atoms with Gasteiger partial charge >= 0.3 is 5.97 Å². The number of hydrogen-bond donors (Lipinski definition) is 2. The summed E-state index contributed by atoms with van der Waals surface area (Å²) >= 11 is 1.34. The Hall–Kier alpha value is -3.00. The number of hydrogen-bond acceptors (Lipinski definition) is 5. The smallest absolute Gasteiger partial charge is 0.332 e. The van der Waals surface area contributed by atoms with Crippen LogP contribution in [0.3, 0.4) is 0 Å². The number of nitrogens with zero attached hydrogens (tertiary/aromatic N) is 3. The maximum Gasteiger partial charge on any atom is 0.332 e. The summed E-state index contributed by atoms with van der Waals surface area (Å²) in [6.07, 6.45) is 1.49. The molecule has 2 heterocycles. The first-order valence-electron chi connectivity index (χ1n) is 8.44. The number of aliphatic carboxylic acids is 1. The van der Waals surface area contributed by atoms with Crippen LogP contribution in [0.15, 0.2) is 41.9 Å². The Balaban J connectivity index is 1.78. The second-order valence-electron chi connectivity index (χ2n) is 6.44. The quantitative estimate of drug-likeness (QED) is 0.680. The molecular weight excluding hydrogens is 364 g/mol. The van der Waals surface area contributed by atoms with Crippen LogP contribution in [-0.2, 0) is 11.8 Å². The summed E-state index contributed by atoms with van der Waals surface area (Å²) in [7, 11) is 1.62. The van der Waals surface area contributed by atoms with Gasteiger partial charge in [-0.2, -0.15) is 5.10 Å². The third-order valence-corrected chi connectivity index (χ3v) is 5.13. The summed E-state index contributed by atoms with van der Waals surface area (Å²) in [6.45, 7) is 4.25. The number of benzene rings is 1. The number of aromatic nitrogens is 3. The summed E-state index contributed by atoms with van der Waals surface area (Å²) in [4.78, 5) is 28.4. The van der Waals surface area contributed by atoms with Gasteiger partial charge in [-0.3, -0.25) is 9.48 Å². The summed E-state index contributed by atoms with van der Waals surface area (Å²) in [5.41, 5.74) is 2.73. The van der Waals surface area contributed by atoms with Gasteiger partial charge in [0.25, 0.3) is 5.91 Å². The van der Waals surface area contributed by atoms with Crippen molar-refractivity contribution >= 4 is 23.2 Å². The Labute approximate surface area is 160 Å². The van der Waals surface area contributed by atoms with Crippen molar-refractivity contribution in [2.24, 2.45) is 7.05 Å². The van der Waals surface area contributed by atoms with Gasteiger partial charge in [0.05, 0.1) is 5.69 Å². The molecule has 1 aromatic carbocycles. The Bertz CT molecular complexity index is 960. The highest BCUT2D eigenvalue weighted by atomic mass is 32.1. The monoisotopic (exact) mass is 384 g/mol. The van der Waals surface area contributed by atoms with Crippen LogP contribution in [0.1, 0.15) is 47.6 Å². The molecule has 2 aromatic heterocycles. The predicted octanol–water partition coefficient (Wildman–Crippen LogP) is 3.22. The molecule has 1 amide bonds. The minimum absolute atomic E-state index is 0.191. The molecule has 0 saturated carbocycles. The first-order chi connectivity index (χ1) is 12.9. The number of rotatable bonds is 6. The first-order valence-corrected chi connectivity index (χ1v) is 9.32. The van der Waals surface area contributed by atoms with Crippen LogP contribution in [-0.4, -0.2) is 31.7 Å². The van der Waals surface area contributed by atoms with Gasteiger partial charge in [0.2, 0.25) is 0 Å². The molecule has 0 aliphatic rings. The molecule has 2 N–H and O–H groups in total. The Morgan fingerprint density at radius 3 is 2.44 bits per heavy atom. The molecule has 7 nitrogen and oxygen atoms in total. The summed E-state index contributed by atoms with van der Waals surface area (Å²) in [5, 5.41) is 18.2. The van der Waals surface area contributed by atoms with Crippen LogP contribution >= 0.6 is 11.3 Å². The molecule has 0 bridgehead atoms. The number of thiazole rings is 1. The van der Waals surface area contributed by atoms with E-state index >= 15 is 0 Å². The maximum atomic E-state index is 12.5. The maximum absolute atomic E-state index is 12.5. The van der Waals surface area contributed by atoms with Crippen LogP contribution in [0, 0.1) is 0 Å². The van der Waals surface area contributed by atoms with E-state index in [9.17, 15) is 14.7 Å². The average Bonchev–Trinajstić information content (AvgIpc) is 3.28. The van der Waals surface area contributed by atoms with Crippen molar-refractivity contribution in [3.63, 3.8) is 0 Å². The number of carboxylic acids is 1. The number of nitrogens with one attached hydrogen (secondary N) is 1. The van der Waals surface area contributed by atoms with Crippen molar-refractivity contribution in [1.29, 1.82) is 0 Å². The van der Waals surface area contributed by atoms with Crippen molar-refractivity contribution in [2.75, 3.05) is 0 Å². The van der Waals surface area contributed by atoms with Crippen LogP contribution in [0.25, 0.3) is 10.6 Å². The van der Waals surface area contributed by atoms with Gasteiger partial charge in [-0.15, -0.1) is 11.3 Å². The molecule has 0 aliphatic heterocycles. The van der Waals surface area contributed by atoms with Gasteiger partial charge in [0.15, 0.2) is 6.04 Å². The van der Waals surface area contributed by atoms with Gasteiger partial charge in [-0.1, -0.05) is 38.1 Å². The van der Waals surface area contributed by atoms with E-state index in [1.165, 1.54) is 27.8 Å². The second kappa shape index (κ2) is 7.71. The fourth-order valence-corrected chi connectivity index (χ4v) is 3.46. The van der Waals surface area contributed by atoms with E-state index < -0.39 is 17.9 Å². The SMILES string of the molecule is CC(C)c1ccc(-c2nc(C(=O)NC(C(=O)O)c3ccnn3C)cs2)cc1. The lowest BCUT2D eigenvalue weighted by molar-refractivity contribution is -0.139. The lowest BCUT2D eigenvalue weighted by Crippen LogP contribution is -2.35. The lowest BCUT2D eigenvalue weighted by atomic mass is 10.0. The largest absolute Gasteiger partial charge is 0.479 e. The lowest BCUT2D eigenvalue weighted by Gasteiger charge is -2.13. The van der Waals surface area contributed by atoms with Crippen molar-refractivity contribution in [3.8, 4) is 10.6 Å². The number of carboxylic acid groups (broad SMARTS) is 1. The Kier molecular flexibility index (Phi) is 5.36. The second-order valence-corrected chi connectivity index (χ2v) is 7.30. The van der Waals surface area contributed by atoms with Gasteiger partial charge in [-0.05, 0) is 17.5 Å². The van der Waals surface area contributed by atoms with Crippen molar-refractivity contribution < 1.29 is 14.7 Å². The zero-order valence-electron chi connectivity index (χ0n) is 15.2. The molecule has 1 unspecified atom stereocenters. The third-order valence-electron chi connectivity index (χ3n) is 4.24. The van der Waals surface area contributed by atoms with Gasteiger partial charge < -0.3 is 10.4 Å². The first kappa shape index (κ1) is 18.8. The van der Waals surface area contributed by atoms with Gasteiger partial charge in [0.1, 0.15) is 10.7 Å². The van der Waals surface area contributed by atoms with Gasteiger partial charge in [0, 0.05) is 24.2 Å². The Morgan fingerprint density at radius 2 is 1.89 bits per heavy atom. The van der Waals surface area contributed by atoms with E-state index in [1.54, 1.807) is 18.5 Å². The molecule has 0 radical (unpaired) electrons. The third kappa shape index (κ3) is 4.06. The molecule has 0 spiro atoms. The zero-order valence-corrected chi connectivity index (χ0v) is 16.0. The van der Waals surface area contributed by atoms with Gasteiger partial charge in [-0.25, -0.2) is 9.78 Å². The fraction of sp³-hybridized carbons (Fsp3) is 0.263. The standard InChI is InChI=1S/C19H20N4O3S/c1-11(2)12-4-6-13(7-5-12)18-21-14(10-27-18)17(24)22-16(19(25)26)15-8-9-20-23(15)3/h4-11,16H,1-3H3,(H,22,24)(H,25,26). The van der Waals surface area contributed by atoms with E-state index in [-0.39, 0.29) is 5.69 Å². The minimum Gasteiger partial charge on any atom is -0.479 e. The van der Waals surface area contributed by atoms with E-state index in [2.05, 4.69) is 29.2 Å². The van der Waals surface area contributed by atoms with Crippen LogP contribution < -0.4 is 5.32 Å². The molecule has 0 fully saturated rings. The molecule has 0 saturated heterocycles. The zero-order chi connectivity index (χ0) is 19.6. The molecule has 8 heteroatoms. The number of carbonyl (C=O) groups is 2. The minimum atomic E-state index is -1.19. The fourth-order valence-electron chi connectivity index (χ4n) is 2.66. The topological polar surface area (TPSA) is 97.1 Å². The van der Waals surface area contributed by atoms with Crippen molar-refractivity contribution in [2.45, 2.75) is 25.8 Å². The van der Waals surface area contributed by atoms with Crippen LogP contribution in [0.4, 0.5) is 0 Å². The normalized spacial score (nSPS) is 12.1. The molecule has 27 heavy (non-hydrogen) atoms. The molecule has 3 rings (SSSR count). The van der Waals surface area contributed by atoms with E-state index in [0.717, 1.165) is 5.56 Å². The Morgan fingerprint density at radius 1 is 1.19 bits per heavy atom. The van der Waals surface area contributed by atoms with E-state index in [0.29, 0.717) is 16.6 Å². The van der Waals surface area contributed by atoms with E-state index in [1.807, 2.05) is 24.3 Å². The summed E-state index contributed by atoms with van der Waals surface area (Å²) < 4.78 is 1.42. The molecular formula is C19H20N4O3S. The molecule has 140 valence electrons. The highest BCUT2D eigenvalue weighted by Gasteiger charge is 2.26. The number of carbonyl (C=O) groups excluding carboxylic acids is 1. The predicted molar refractivity (Wildman–Crippen MR) is 103 cm³/mol. The molecule has 1 atom stereocenters. The van der Waals surface area contributed by atoms with Crippen LogP contribution in [0.5, 0.6) is 0 Å². The number of aryl methyl sites for hydroxylation is 1. The van der Waals surface area contributed by atoms with E-state index in [4.69, 9.17) is 0 Å². The average molecular weight is 384 g/mol. The van der Waals surface area contributed by atoms with Crippen molar-refractivity contribution in [1.82, 2.24) is 20.1 Å². The molecule has 0 aliphatic carbocycles. The number of amides is 1.